The third kappa shape index (κ3) is 2.36. The number of hydrogen-bond donors (Lipinski definition) is 0. The summed E-state index contributed by atoms with van der Waals surface area (Å²) >= 11 is 6.03. The Bertz CT molecular complexity index is 830. The lowest BCUT2D eigenvalue weighted by atomic mass is 9.98. The second kappa shape index (κ2) is 5.38. The highest BCUT2D eigenvalue weighted by molar-refractivity contribution is 6.31. The molecule has 0 N–H and O–H groups in total. The maximum absolute atomic E-state index is 12.9. The average Bonchev–Trinajstić information content (AvgIpc) is 2.87. The van der Waals surface area contributed by atoms with Crippen molar-refractivity contribution in [3.63, 3.8) is 0 Å². The summed E-state index contributed by atoms with van der Waals surface area (Å²) in [5.74, 6) is 0.713. The van der Waals surface area contributed by atoms with E-state index in [4.69, 9.17) is 16.0 Å². The van der Waals surface area contributed by atoms with Crippen molar-refractivity contribution in [1.29, 1.82) is 0 Å². The maximum atomic E-state index is 12.9. The van der Waals surface area contributed by atoms with Gasteiger partial charge in [-0.1, -0.05) is 36.7 Å². The lowest BCUT2D eigenvalue weighted by Crippen LogP contribution is -2.03. The zero-order chi connectivity index (χ0) is 15.0. The van der Waals surface area contributed by atoms with Gasteiger partial charge in [-0.15, -0.1) is 0 Å². The standard InChI is InChI=1S/C18H15ClO2/c1-3-15-17(13-6-4-5-7-16(13)21-15)18(20)12-8-9-14(19)11(2)10-12/h4-10H,3H2,1-2H3. The fourth-order valence-electron chi connectivity index (χ4n) is 2.52. The Hall–Kier alpha value is -2.06. The van der Waals surface area contributed by atoms with E-state index in [0.29, 0.717) is 22.6 Å². The average molecular weight is 299 g/mol. The molecule has 21 heavy (non-hydrogen) atoms. The molecule has 0 aliphatic rings. The van der Waals surface area contributed by atoms with Crippen LogP contribution in [0.5, 0.6) is 0 Å². The highest BCUT2D eigenvalue weighted by Gasteiger charge is 2.21. The van der Waals surface area contributed by atoms with Crippen LogP contribution in [-0.4, -0.2) is 5.78 Å². The summed E-state index contributed by atoms with van der Waals surface area (Å²) in [7, 11) is 0. The minimum atomic E-state index is -0.0171. The van der Waals surface area contributed by atoms with Gasteiger partial charge in [-0.2, -0.15) is 0 Å². The van der Waals surface area contributed by atoms with Gasteiger partial charge in [0, 0.05) is 22.4 Å². The van der Waals surface area contributed by atoms with Gasteiger partial charge in [0.15, 0.2) is 5.78 Å². The number of aryl methyl sites for hydroxylation is 2. The molecule has 1 heterocycles. The largest absolute Gasteiger partial charge is 0.460 e. The molecular weight excluding hydrogens is 284 g/mol. The molecule has 0 bridgehead atoms. The van der Waals surface area contributed by atoms with Crippen LogP contribution in [0.3, 0.4) is 0 Å². The maximum Gasteiger partial charge on any atom is 0.197 e. The zero-order valence-corrected chi connectivity index (χ0v) is 12.7. The first-order valence-electron chi connectivity index (χ1n) is 6.93. The number of ketones is 1. The SMILES string of the molecule is CCc1oc2ccccc2c1C(=O)c1ccc(Cl)c(C)c1. The van der Waals surface area contributed by atoms with E-state index in [9.17, 15) is 4.79 Å². The van der Waals surface area contributed by atoms with Crippen LogP contribution in [-0.2, 0) is 6.42 Å². The number of halogens is 1. The number of fused-ring (bicyclic) bond motifs is 1. The second-order valence-electron chi connectivity index (χ2n) is 5.04. The van der Waals surface area contributed by atoms with Crippen LogP contribution in [0.25, 0.3) is 11.0 Å². The van der Waals surface area contributed by atoms with Gasteiger partial charge in [-0.3, -0.25) is 4.79 Å². The molecule has 0 aliphatic heterocycles. The quantitative estimate of drug-likeness (QED) is 0.623. The number of hydrogen-bond acceptors (Lipinski definition) is 2. The van der Waals surface area contributed by atoms with E-state index in [-0.39, 0.29) is 5.78 Å². The van der Waals surface area contributed by atoms with Gasteiger partial charge in [0.1, 0.15) is 11.3 Å². The van der Waals surface area contributed by atoms with Crippen LogP contribution in [0.2, 0.25) is 5.02 Å². The van der Waals surface area contributed by atoms with Gasteiger partial charge in [-0.05, 0) is 36.8 Å². The van der Waals surface area contributed by atoms with Crippen LogP contribution in [0, 0.1) is 6.92 Å². The Labute approximate surface area is 128 Å². The molecule has 3 heteroatoms. The van der Waals surface area contributed by atoms with E-state index in [1.165, 1.54) is 0 Å². The molecule has 0 atom stereocenters. The Morgan fingerprint density at radius 1 is 1.19 bits per heavy atom. The summed E-state index contributed by atoms with van der Waals surface area (Å²) in [6.45, 7) is 3.88. The molecule has 2 nitrogen and oxygen atoms in total. The highest BCUT2D eigenvalue weighted by Crippen LogP contribution is 2.29. The lowest BCUT2D eigenvalue weighted by molar-refractivity contribution is 0.103. The molecule has 0 unspecified atom stereocenters. The molecular formula is C18H15ClO2. The number of benzene rings is 2. The molecule has 0 saturated heterocycles. The molecule has 0 aliphatic carbocycles. The molecule has 0 saturated carbocycles. The van der Waals surface area contributed by atoms with Crippen molar-refractivity contribution < 1.29 is 9.21 Å². The topological polar surface area (TPSA) is 30.2 Å². The third-order valence-corrected chi connectivity index (χ3v) is 4.06. The number of carbonyl (C=O) groups is 1. The van der Waals surface area contributed by atoms with Crippen molar-refractivity contribution in [3.05, 3.63) is 69.9 Å². The molecule has 1 aromatic heterocycles. The molecule has 3 aromatic rings. The Kier molecular flexibility index (Phi) is 3.56. The lowest BCUT2D eigenvalue weighted by Gasteiger charge is -2.04. The van der Waals surface area contributed by atoms with Crippen LogP contribution < -0.4 is 0 Å². The number of para-hydroxylation sites is 1. The van der Waals surface area contributed by atoms with Gasteiger partial charge in [-0.25, -0.2) is 0 Å². The van der Waals surface area contributed by atoms with E-state index >= 15 is 0 Å². The van der Waals surface area contributed by atoms with Crippen molar-refractivity contribution in [3.8, 4) is 0 Å². The second-order valence-corrected chi connectivity index (χ2v) is 5.45. The van der Waals surface area contributed by atoms with Gasteiger partial charge in [0.05, 0.1) is 5.56 Å². The first-order chi connectivity index (χ1) is 10.1. The molecule has 3 rings (SSSR count). The van der Waals surface area contributed by atoms with Crippen molar-refractivity contribution in [2.45, 2.75) is 20.3 Å². The fourth-order valence-corrected chi connectivity index (χ4v) is 2.64. The Morgan fingerprint density at radius 2 is 1.95 bits per heavy atom. The third-order valence-electron chi connectivity index (χ3n) is 3.64. The normalized spacial score (nSPS) is 11.0. The van der Waals surface area contributed by atoms with Crippen LogP contribution in [0.1, 0.15) is 34.2 Å². The van der Waals surface area contributed by atoms with Crippen molar-refractivity contribution in [2.75, 3.05) is 0 Å². The van der Waals surface area contributed by atoms with Crippen molar-refractivity contribution in [1.82, 2.24) is 0 Å². The summed E-state index contributed by atoms with van der Waals surface area (Å²) in [6.07, 6.45) is 0.683. The molecule has 2 aromatic carbocycles. The predicted molar refractivity (Wildman–Crippen MR) is 85.2 cm³/mol. The summed E-state index contributed by atoms with van der Waals surface area (Å²) in [6, 6.07) is 13.0. The Balaban J connectivity index is 2.18. The van der Waals surface area contributed by atoms with E-state index in [1.807, 2.05) is 44.2 Å². The summed E-state index contributed by atoms with van der Waals surface area (Å²) in [4.78, 5) is 12.9. The number of furan rings is 1. The molecule has 0 amide bonds. The van der Waals surface area contributed by atoms with Gasteiger partial charge >= 0.3 is 0 Å². The van der Waals surface area contributed by atoms with Gasteiger partial charge < -0.3 is 4.42 Å². The predicted octanol–water partition coefficient (Wildman–Crippen LogP) is 5.19. The minimum absolute atomic E-state index is 0.0171. The monoisotopic (exact) mass is 298 g/mol. The van der Waals surface area contributed by atoms with Gasteiger partial charge in [0.25, 0.3) is 0 Å². The first kappa shape index (κ1) is 13.9. The minimum Gasteiger partial charge on any atom is -0.460 e. The summed E-state index contributed by atoms with van der Waals surface area (Å²) in [5, 5.41) is 1.53. The van der Waals surface area contributed by atoms with E-state index < -0.39 is 0 Å². The van der Waals surface area contributed by atoms with E-state index in [2.05, 4.69) is 0 Å². The highest BCUT2D eigenvalue weighted by atomic mass is 35.5. The zero-order valence-electron chi connectivity index (χ0n) is 11.9. The summed E-state index contributed by atoms with van der Waals surface area (Å²) < 4.78 is 5.80. The smallest absolute Gasteiger partial charge is 0.197 e. The van der Waals surface area contributed by atoms with Crippen molar-refractivity contribution >= 4 is 28.4 Å². The fraction of sp³-hybridized carbons (Fsp3) is 0.167. The molecule has 106 valence electrons. The summed E-state index contributed by atoms with van der Waals surface area (Å²) in [5.41, 5.74) is 2.95. The van der Waals surface area contributed by atoms with E-state index in [0.717, 1.165) is 22.3 Å². The van der Waals surface area contributed by atoms with E-state index in [1.54, 1.807) is 12.1 Å². The molecule has 0 fully saturated rings. The van der Waals surface area contributed by atoms with Crippen LogP contribution in [0.15, 0.2) is 46.9 Å². The number of carbonyl (C=O) groups excluding carboxylic acids is 1. The molecule has 0 spiro atoms. The number of rotatable bonds is 3. The van der Waals surface area contributed by atoms with Crippen molar-refractivity contribution in [2.24, 2.45) is 0 Å². The van der Waals surface area contributed by atoms with Crippen LogP contribution in [0.4, 0.5) is 0 Å². The van der Waals surface area contributed by atoms with Crippen LogP contribution >= 0.6 is 11.6 Å². The van der Waals surface area contributed by atoms with Gasteiger partial charge in [0.2, 0.25) is 0 Å². The Morgan fingerprint density at radius 3 is 2.67 bits per heavy atom. The first-order valence-corrected chi connectivity index (χ1v) is 7.31. The molecule has 0 radical (unpaired) electrons.